The van der Waals surface area contributed by atoms with Gasteiger partial charge in [-0.25, -0.2) is 8.42 Å². The van der Waals surface area contributed by atoms with Crippen LogP contribution in [-0.2, 0) is 14.6 Å². The fraction of sp³-hybridized carbons (Fsp3) is 0.923. The lowest BCUT2D eigenvalue weighted by atomic mass is 10.2. The summed E-state index contributed by atoms with van der Waals surface area (Å²) in [6.45, 7) is 3.15. The predicted octanol–water partition coefficient (Wildman–Crippen LogP) is 1.66. The Morgan fingerprint density at radius 1 is 1.38 bits per heavy atom. The average Bonchev–Trinajstić information content (AvgIpc) is 2.40. The van der Waals surface area contributed by atoms with Gasteiger partial charge in [0.2, 0.25) is 0 Å². The number of nitrogens with zero attached hydrogens (tertiary/aromatic N) is 2. The summed E-state index contributed by atoms with van der Waals surface area (Å²) in [5.74, 6) is 0.596. The molecule has 1 aliphatic heterocycles. The fourth-order valence-electron chi connectivity index (χ4n) is 2.22. The minimum atomic E-state index is -4.31. The van der Waals surface area contributed by atoms with E-state index in [1.54, 1.807) is 20.9 Å². The summed E-state index contributed by atoms with van der Waals surface area (Å²) in [4.78, 5) is 5.94. The maximum Gasteiger partial charge on any atom is 0.411 e. The topological polar surface area (TPSA) is 71.0 Å². The Labute approximate surface area is 158 Å². The highest BCUT2D eigenvalue weighted by molar-refractivity contribution is 14.0. The third-order valence-electron chi connectivity index (χ3n) is 3.57. The van der Waals surface area contributed by atoms with Crippen molar-refractivity contribution in [3.8, 4) is 0 Å². The molecule has 0 amide bonds. The molecule has 1 fully saturated rings. The van der Waals surface area contributed by atoms with E-state index in [1.807, 2.05) is 4.90 Å². The number of ether oxygens (including phenoxy) is 1. The third-order valence-corrected chi connectivity index (χ3v) is 6.10. The summed E-state index contributed by atoms with van der Waals surface area (Å²) >= 11 is 0. The molecule has 0 atom stereocenters. The van der Waals surface area contributed by atoms with Gasteiger partial charge < -0.3 is 15.0 Å². The van der Waals surface area contributed by atoms with E-state index in [1.165, 1.54) is 0 Å². The Hall–Kier alpha value is -0.300. The number of hydrogen-bond acceptors (Lipinski definition) is 4. The van der Waals surface area contributed by atoms with Crippen molar-refractivity contribution in [1.29, 1.82) is 0 Å². The van der Waals surface area contributed by atoms with Crippen molar-refractivity contribution in [2.24, 2.45) is 4.99 Å². The molecule has 0 saturated carbocycles. The molecule has 11 heteroatoms. The van der Waals surface area contributed by atoms with Gasteiger partial charge >= 0.3 is 6.18 Å². The molecule has 1 heterocycles. The number of rotatable bonds is 5. The zero-order chi connectivity index (χ0) is 17.7. The van der Waals surface area contributed by atoms with E-state index in [4.69, 9.17) is 0 Å². The summed E-state index contributed by atoms with van der Waals surface area (Å²) in [7, 11) is -1.55. The Kier molecular flexibility index (Phi) is 9.29. The van der Waals surface area contributed by atoms with E-state index >= 15 is 0 Å². The van der Waals surface area contributed by atoms with Gasteiger partial charge in [-0.05, 0) is 20.3 Å². The van der Waals surface area contributed by atoms with E-state index < -0.39 is 27.4 Å². The van der Waals surface area contributed by atoms with Gasteiger partial charge in [-0.2, -0.15) is 13.2 Å². The molecule has 1 aliphatic rings. The van der Waals surface area contributed by atoms with Gasteiger partial charge in [0, 0.05) is 33.3 Å². The molecular weight excluding hydrogens is 462 g/mol. The van der Waals surface area contributed by atoms with Crippen LogP contribution >= 0.6 is 24.0 Å². The van der Waals surface area contributed by atoms with Gasteiger partial charge in [0.1, 0.15) is 6.61 Å². The van der Waals surface area contributed by atoms with Crippen molar-refractivity contribution in [3.05, 3.63) is 0 Å². The van der Waals surface area contributed by atoms with Crippen LogP contribution in [0.1, 0.15) is 20.3 Å². The lowest BCUT2D eigenvalue weighted by Gasteiger charge is -2.39. The molecule has 1 N–H and O–H groups in total. The van der Waals surface area contributed by atoms with Crippen LogP contribution in [0.3, 0.4) is 0 Å². The first-order valence-electron chi connectivity index (χ1n) is 7.31. The minimum absolute atomic E-state index is 0. The number of halogens is 4. The van der Waals surface area contributed by atoms with Gasteiger partial charge in [-0.3, -0.25) is 4.99 Å². The highest BCUT2D eigenvalue weighted by atomic mass is 127. The standard InChI is InChI=1S/C13H24F3N3O3S.HI/c1-12(2)9-19(6-8-23(12,20)21)11(17-3)18-5-4-7-22-10-13(14,15)16;/h4-10H2,1-3H3,(H,17,18);1H. The predicted molar refractivity (Wildman–Crippen MR) is 97.7 cm³/mol. The van der Waals surface area contributed by atoms with Crippen molar-refractivity contribution in [3.63, 3.8) is 0 Å². The number of sulfone groups is 1. The number of guanidine groups is 1. The van der Waals surface area contributed by atoms with Crippen LogP contribution in [0, 0.1) is 0 Å². The number of nitrogens with one attached hydrogen (secondary N) is 1. The molecule has 0 aromatic rings. The molecule has 0 aromatic heterocycles. The zero-order valence-corrected chi connectivity index (χ0v) is 17.2. The van der Waals surface area contributed by atoms with Crippen LogP contribution in [0.2, 0.25) is 0 Å². The van der Waals surface area contributed by atoms with Crippen LogP contribution in [0.5, 0.6) is 0 Å². The first-order valence-corrected chi connectivity index (χ1v) is 8.96. The average molecular weight is 487 g/mol. The van der Waals surface area contributed by atoms with Gasteiger partial charge in [0.25, 0.3) is 0 Å². The molecule has 6 nitrogen and oxygen atoms in total. The van der Waals surface area contributed by atoms with Crippen molar-refractivity contribution in [2.45, 2.75) is 31.2 Å². The highest BCUT2D eigenvalue weighted by Crippen LogP contribution is 2.23. The SMILES string of the molecule is CN=C(NCCCOCC(F)(F)F)N1CCS(=O)(=O)C(C)(C)C1.I. The summed E-state index contributed by atoms with van der Waals surface area (Å²) < 4.78 is 63.3. The third kappa shape index (κ3) is 7.30. The van der Waals surface area contributed by atoms with Crippen molar-refractivity contribution >= 4 is 39.8 Å². The number of alkyl halides is 3. The van der Waals surface area contributed by atoms with Crippen molar-refractivity contribution in [2.75, 3.05) is 45.6 Å². The Morgan fingerprint density at radius 2 is 2.00 bits per heavy atom. The van der Waals surface area contributed by atoms with Crippen molar-refractivity contribution in [1.82, 2.24) is 10.2 Å². The van der Waals surface area contributed by atoms with Crippen LogP contribution in [0.4, 0.5) is 13.2 Å². The second-order valence-corrected chi connectivity index (χ2v) is 8.74. The highest BCUT2D eigenvalue weighted by Gasteiger charge is 2.40. The Balaban J connectivity index is 0.00000529. The van der Waals surface area contributed by atoms with Crippen LogP contribution in [0.25, 0.3) is 0 Å². The van der Waals surface area contributed by atoms with Crippen molar-refractivity contribution < 1.29 is 26.3 Å². The first-order chi connectivity index (χ1) is 10.5. The lowest BCUT2D eigenvalue weighted by molar-refractivity contribution is -0.173. The number of hydrogen-bond donors (Lipinski definition) is 1. The van der Waals surface area contributed by atoms with Gasteiger partial charge in [-0.1, -0.05) is 0 Å². The normalized spacial score (nSPS) is 20.4. The molecule has 0 spiro atoms. The maximum atomic E-state index is 12.0. The number of aliphatic imine (C=N–C) groups is 1. The molecular formula is C13H25F3IN3O3S. The fourth-order valence-corrected chi connectivity index (χ4v) is 3.58. The largest absolute Gasteiger partial charge is 0.411 e. The van der Waals surface area contributed by atoms with E-state index in [0.29, 0.717) is 32.0 Å². The van der Waals surface area contributed by atoms with Gasteiger partial charge in [0.15, 0.2) is 15.8 Å². The van der Waals surface area contributed by atoms with E-state index in [-0.39, 0.29) is 36.3 Å². The summed E-state index contributed by atoms with van der Waals surface area (Å²) in [5, 5.41) is 3.02. The van der Waals surface area contributed by atoms with E-state index in [0.717, 1.165) is 0 Å². The summed E-state index contributed by atoms with van der Waals surface area (Å²) in [6.07, 6.45) is -3.92. The molecule has 0 bridgehead atoms. The summed E-state index contributed by atoms with van der Waals surface area (Å²) in [6, 6.07) is 0. The lowest BCUT2D eigenvalue weighted by Crippen LogP contribution is -2.57. The zero-order valence-electron chi connectivity index (χ0n) is 14.0. The maximum absolute atomic E-state index is 12.0. The Bertz CT molecular complexity index is 524. The molecule has 0 aliphatic carbocycles. The Morgan fingerprint density at radius 3 is 2.50 bits per heavy atom. The smallest absolute Gasteiger partial charge is 0.372 e. The molecule has 0 unspecified atom stereocenters. The van der Waals surface area contributed by atoms with Gasteiger partial charge in [0.05, 0.1) is 10.5 Å². The quantitative estimate of drug-likeness (QED) is 0.277. The minimum Gasteiger partial charge on any atom is -0.372 e. The molecule has 144 valence electrons. The van der Waals surface area contributed by atoms with Crippen LogP contribution in [0.15, 0.2) is 4.99 Å². The van der Waals surface area contributed by atoms with Crippen LogP contribution in [-0.4, -0.2) is 75.8 Å². The van der Waals surface area contributed by atoms with Crippen LogP contribution < -0.4 is 5.32 Å². The monoisotopic (exact) mass is 487 g/mol. The second kappa shape index (κ2) is 9.41. The van der Waals surface area contributed by atoms with Gasteiger partial charge in [-0.15, -0.1) is 24.0 Å². The molecule has 0 radical (unpaired) electrons. The van der Waals surface area contributed by atoms with E-state index in [2.05, 4.69) is 15.0 Å². The second-order valence-electron chi connectivity index (χ2n) is 6.00. The molecule has 1 rings (SSSR count). The molecule has 24 heavy (non-hydrogen) atoms. The molecule has 1 saturated heterocycles. The van der Waals surface area contributed by atoms with E-state index in [9.17, 15) is 21.6 Å². The first kappa shape index (κ1) is 23.7. The summed E-state index contributed by atoms with van der Waals surface area (Å²) in [5.41, 5.74) is 0. The molecule has 0 aromatic carbocycles.